The highest BCUT2D eigenvalue weighted by atomic mass is 19.4. The highest BCUT2D eigenvalue weighted by molar-refractivity contribution is 5.91. The molecule has 0 saturated carbocycles. The second-order valence-electron chi connectivity index (χ2n) is 5.86. The average Bonchev–Trinajstić information content (AvgIpc) is 3.03. The molecule has 2 heterocycles. The molecule has 3 N–H and O–H groups in total. The zero-order valence-corrected chi connectivity index (χ0v) is 13.4. The van der Waals surface area contributed by atoms with E-state index in [4.69, 9.17) is 5.73 Å². The van der Waals surface area contributed by atoms with E-state index in [0.717, 1.165) is 24.3 Å². The van der Waals surface area contributed by atoms with Crippen molar-refractivity contribution in [2.75, 3.05) is 6.54 Å². The van der Waals surface area contributed by atoms with Crippen LogP contribution in [0.1, 0.15) is 33.5 Å². The summed E-state index contributed by atoms with van der Waals surface area (Å²) in [5.74, 6) is -0.842. The Kier molecular flexibility index (Phi) is 4.45. The number of aromatic nitrogens is 2. The van der Waals surface area contributed by atoms with E-state index in [-0.39, 0.29) is 30.9 Å². The molecular weight excluding hydrogens is 353 g/mol. The molecule has 1 atom stereocenters. The highest BCUT2D eigenvalue weighted by Crippen LogP contribution is 2.30. The van der Waals surface area contributed by atoms with Crippen LogP contribution in [-0.2, 0) is 24.1 Å². The molecule has 7 nitrogen and oxygen atoms in total. The number of carbonyl (C=O) groups excluding carboxylic acids is 2. The summed E-state index contributed by atoms with van der Waals surface area (Å²) >= 11 is 0. The molecule has 0 radical (unpaired) electrons. The number of hydrogen-bond acceptors (Lipinski definition) is 4. The van der Waals surface area contributed by atoms with Gasteiger partial charge in [-0.05, 0) is 17.7 Å². The van der Waals surface area contributed by atoms with Gasteiger partial charge in [0.05, 0.1) is 18.3 Å². The second-order valence-corrected chi connectivity index (χ2v) is 5.86. The number of alkyl halides is 3. The standard InChI is InChI=1S/C16H15F3N4O3/c17-16(18,19)10-3-1-9(2-4-10)13(24)15(26)22-5-6-23-11(14(20)25)7-21-12(23)8-22/h1-4,7,13,24H,5-6,8H2,(H2,20,25). The Bertz CT molecular complexity index is 845. The molecule has 0 saturated heterocycles. The van der Waals surface area contributed by atoms with Crippen LogP contribution in [0.25, 0.3) is 0 Å². The summed E-state index contributed by atoms with van der Waals surface area (Å²) in [5.41, 5.74) is 4.68. The maximum absolute atomic E-state index is 12.6. The fourth-order valence-electron chi connectivity index (χ4n) is 2.81. The normalized spacial score (nSPS) is 15.5. The van der Waals surface area contributed by atoms with Gasteiger partial charge in [-0.25, -0.2) is 4.98 Å². The Morgan fingerprint density at radius 2 is 1.85 bits per heavy atom. The van der Waals surface area contributed by atoms with E-state index in [1.54, 1.807) is 4.57 Å². The lowest BCUT2D eigenvalue weighted by Crippen LogP contribution is -2.41. The van der Waals surface area contributed by atoms with Gasteiger partial charge in [-0.15, -0.1) is 0 Å². The third-order valence-corrected chi connectivity index (χ3v) is 4.22. The number of primary amides is 1. The van der Waals surface area contributed by atoms with Crippen molar-refractivity contribution in [3.63, 3.8) is 0 Å². The van der Waals surface area contributed by atoms with Crippen molar-refractivity contribution < 1.29 is 27.9 Å². The Morgan fingerprint density at radius 1 is 1.19 bits per heavy atom. The van der Waals surface area contributed by atoms with Crippen molar-refractivity contribution >= 4 is 11.8 Å². The van der Waals surface area contributed by atoms with Gasteiger partial charge in [0.15, 0.2) is 6.10 Å². The molecule has 0 fully saturated rings. The number of aliphatic hydroxyl groups excluding tert-OH is 1. The number of halogens is 3. The topological polar surface area (TPSA) is 101 Å². The van der Waals surface area contributed by atoms with Gasteiger partial charge in [0.25, 0.3) is 11.8 Å². The number of fused-ring (bicyclic) bond motifs is 1. The fraction of sp³-hybridized carbons (Fsp3) is 0.312. The first-order valence-electron chi connectivity index (χ1n) is 7.66. The number of benzene rings is 1. The van der Waals surface area contributed by atoms with E-state index in [9.17, 15) is 27.9 Å². The van der Waals surface area contributed by atoms with Crippen LogP contribution in [0, 0.1) is 0 Å². The lowest BCUT2D eigenvalue weighted by molar-refractivity contribution is -0.142. The summed E-state index contributed by atoms with van der Waals surface area (Å²) < 4.78 is 39.4. The lowest BCUT2D eigenvalue weighted by Gasteiger charge is -2.30. The van der Waals surface area contributed by atoms with Gasteiger partial charge in [0.1, 0.15) is 11.5 Å². The van der Waals surface area contributed by atoms with Crippen LogP contribution in [0.4, 0.5) is 13.2 Å². The van der Waals surface area contributed by atoms with Gasteiger partial charge in [0.2, 0.25) is 0 Å². The number of hydrogen-bond donors (Lipinski definition) is 2. The van der Waals surface area contributed by atoms with Crippen LogP contribution in [0.5, 0.6) is 0 Å². The van der Waals surface area contributed by atoms with E-state index in [1.807, 2.05) is 0 Å². The number of nitrogens with two attached hydrogens (primary N) is 1. The van der Waals surface area contributed by atoms with Gasteiger partial charge in [-0.3, -0.25) is 9.59 Å². The maximum Gasteiger partial charge on any atom is 0.416 e. The summed E-state index contributed by atoms with van der Waals surface area (Å²) in [5, 5.41) is 10.2. The van der Waals surface area contributed by atoms with Crippen LogP contribution < -0.4 is 5.73 Å². The van der Waals surface area contributed by atoms with Gasteiger partial charge in [0, 0.05) is 13.1 Å². The summed E-state index contributed by atoms with van der Waals surface area (Å²) in [6.07, 6.45) is -4.76. The van der Waals surface area contributed by atoms with Crippen LogP contribution in [0.2, 0.25) is 0 Å². The van der Waals surface area contributed by atoms with Gasteiger partial charge < -0.3 is 20.3 Å². The molecule has 138 valence electrons. The molecule has 1 aromatic heterocycles. The maximum atomic E-state index is 12.6. The molecule has 2 amide bonds. The highest BCUT2D eigenvalue weighted by Gasteiger charge is 2.32. The first-order chi connectivity index (χ1) is 12.2. The van der Waals surface area contributed by atoms with E-state index in [0.29, 0.717) is 5.82 Å². The second kappa shape index (κ2) is 6.45. The number of nitrogens with zero attached hydrogens (tertiary/aromatic N) is 3. The van der Waals surface area contributed by atoms with E-state index in [2.05, 4.69) is 4.98 Å². The van der Waals surface area contributed by atoms with Crippen LogP contribution in [-0.4, -0.2) is 37.9 Å². The van der Waals surface area contributed by atoms with Gasteiger partial charge >= 0.3 is 6.18 Å². The third-order valence-electron chi connectivity index (χ3n) is 4.22. The number of imidazole rings is 1. The Balaban J connectivity index is 1.74. The molecule has 10 heteroatoms. The Morgan fingerprint density at radius 3 is 2.42 bits per heavy atom. The van der Waals surface area contributed by atoms with E-state index >= 15 is 0 Å². The average molecular weight is 368 g/mol. The lowest BCUT2D eigenvalue weighted by atomic mass is 10.1. The summed E-state index contributed by atoms with van der Waals surface area (Å²) in [6, 6.07) is 3.77. The predicted octanol–water partition coefficient (Wildman–Crippen LogP) is 1.08. The third kappa shape index (κ3) is 3.27. The van der Waals surface area contributed by atoms with Crippen molar-refractivity contribution in [2.45, 2.75) is 25.4 Å². The summed E-state index contributed by atoms with van der Waals surface area (Å²) in [4.78, 5) is 29.1. The molecule has 26 heavy (non-hydrogen) atoms. The molecule has 1 aliphatic heterocycles. The molecular formula is C16H15F3N4O3. The molecule has 1 aliphatic rings. The van der Waals surface area contributed by atoms with Gasteiger partial charge in [-0.2, -0.15) is 13.2 Å². The first-order valence-corrected chi connectivity index (χ1v) is 7.66. The monoisotopic (exact) mass is 368 g/mol. The van der Waals surface area contributed by atoms with E-state index in [1.165, 1.54) is 11.1 Å². The van der Waals surface area contributed by atoms with Crippen molar-refractivity contribution in [2.24, 2.45) is 5.73 Å². The minimum Gasteiger partial charge on any atom is -0.378 e. The van der Waals surface area contributed by atoms with E-state index < -0.39 is 29.7 Å². The SMILES string of the molecule is NC(=O)c1cnc2n1CCN(C(=O)C(O)c1ccc(C(F)(F)F)cc1)C2. The first kappa shape index (κ1) is 17.9. The number of carbonyl (C=O) groups is 2. The van der Waals surface area contributed by atoms with Crippen molar-refractivity contribution in [1.29, 1.82) is 0 Å². The Hall–Kier alpha value is -2.88. The van der Waals surface area contributed by atoms with Crippen LogP contribution in [0.3, 0.4) is 0 Å². The van der Waals surface area contributed by atoms with Crippen LogP contribution >= 0.6 is 0 Å². The zero-order valence-electron chi connectivity index (χ0n) is 13.4. The number of rotatable bonds is 3. The molecule has 0 aliphatic carbocycles. The molecule has 1 aromatic carbocycles. The fourth-order valence-corrected chi connectivity index (χ4v) is 2.81. The molecule has 3 rings (SSSR count). The predicted molar refractivity (Wildman–Crippen MR) is 82.6 cm³/mol. The molecule has 0 spiro atoms. The molecule has 0 bridgehead atoms. The van der Waals surface area contributed by atoms with Gasteiger partial charge in [-0.1, -0.05) is 12.1 Å². The van der Waals surface area contributed by atoms with Crippen molar-refractivity contribution in [1.82, 2.24) is 14.5 Å². The van der Waals surface area contributed by atoms with Crippen molar-refractivity contribution in [3.8, 4) is 0 Å². The summed E-state index contributed by atoms with van der Waals surface area (Å²) in [7, 11) is 0. The molecule has 1 unspecified atom stereocenters. The van der Waals surface area contributed by atoms with Crippen LogP contribution in [0.15, 0.2) is 30.5 Å². The Labute approximate surface area is 145 Å². The number of aliphatic hydroxyl groups is 1. The smallest absolute Gasteiger partial charge is 0.378 e. The quantitative estimate of drug-likeness (QED) is 0.846. The summed E-state index contributed by atoms with van der Waals surface area (Å²) in [6.45, 7) is 0.545. The molecule has 2 aromatic rings. The minimum atomic E-state index is -4.49. The zero-order chi connectivity index (χ0) is 19.1. The minimum absolute atomic E-state index is 0.0593. The number of amides is 2. The van der Waals surface area contributed by atoms with Crippen molar-refractivity contribution in [3.05, 3.63) is 53.1 Å². The largest absolute Gasteiger partial charge is 0.416 e.